The molecular formula is C16H13FO. The summed E-state index contributed by atoms with van der Waals surface area (Å²) in [5, 5.41) is 0. The Morgan fingerprint density at radius 2 is 1.83 bits per heavy atom. The molecule has 1 atom stereocenters. The molecule has 0 radical (unpaired) electrons. The van der Waals surface area contributed by atoms with Gasteiger partial charge in [-0.1, -0.05) is 36.4 Å². The molecule has 0 saturated carbocycles. The van der Waals surface area contributed by atoms with Gasteiger partial charge in [0.15, 0.2) is 5.78 Å². The second kappa shape index (κ2) is 4.37. The second-order valence-electron chi connectivity index (χ2n) is 4.67. The van der Waals surface area contributed by atoms with Gasteiger partial charge in [-0.25, -0.2) is 4.39 Å². The second-order valence-corrected chi connectivity index (χ2v) is 4.67. The molecule has 1 aliphatic carbocycles. The summed E-state index contributed by atoms with van der Waals surface area (Å²) in [4.78, 5) is 12.4. The Kier molecular flexibility index (Phi) is 2.71. The molecule has 2 heteroatoms. The molecule has 1 aliphatic rings. The molecule has 2 aromatic carbocycles. The van der Waals surface area contributed by atoms with E-state index < -0.39 is 0 Å². The maximum atomic E-state index is 13.2. The van der Waals surface area contributed by atoms with Crippen molar-refractivity contribution in [3.63, 3.8) is 0 Å². The third-order valence-corrected chi connectivity index (χ3v) is 3.56. The van der Waals surface area contributed by atoms with Crippen LogP contribution in [0.3, 0.4) is 0 Å². The fourth-order valence-corrected chi connectivity index (χ4v) is 2.62. The molecule has 2 aromatic rings. The molecule has 0 unspecified atom stereocenters. The average Bonchev–Trinajstić information content (AvgIpc) is 2.41. The number of Topliss-reactive ketones (excluding diaryl/α,β-unsaturated/α-hetero) is 1. The van der Waals surface area contributed by atoms with E-state index in [9.17, 15) is 9.18 Å². The van der Waals surface area contributed by atoms with Crippen LogP contribution in [-0.4, -0.2) is 5.78 Å². The fraction of sp³-hybridized carbons (Fsp3) is 0.188. The van der Waals surface area contributed by atoms with E-state index in [-0.39, 0.29) is 17.5 Å². The van der Waals surface area contributed by atoms with Crippen molar-refractivity contribution in [1.82, 2.24) is 0 Å². The van der Waals surface area contributed by atoms with E-state index in [4.69, 9.17) is 0 Å². The van der Waals surface area contributed by atoms with Crippen molar-refractivity contribution in [2.45, 2.75) is 18.8 Å². The number of carbonyl (C=O) groups is 1. The highest BCUT2D eigenvalue weighted by atomic mass is 19.1. The maximum Gasteiger partial charge on any atom is 0.170 e. The van der Waals surface area contributed by atoms with E-state index in [1.54, 1.807) is 6.07 Å². The minimum Gasteiger partial charge on any atom is -0.293 e. The normalized spacial score (nSPS) is 18.5. The van der Waals surface area contributed by atoms with Gasteiger partial charge in [0.25, 0.3) is 0 Å². The highest BCUT2D eigenvalue weighted by Crippen LogP contribution is 2.32. The number of benzene rings is 2. The van der Waals surface area contributed by atoms with Crippen molar-refractivity contribution in [2.75, 3.05) is 0 Å². The molecule has 0 fully saturated rings. The quantitative estimate of drug-likeness (QED) is 0.742. The summed E-state index contributed by atoms with van der Waals surface area (Å²) in [6.07, 6.45) is 1.64. The van der Waals surface area contributed by atoms with Crippen LogP contribution >= 0.6 is 0 Å². The highest BCUT2D eigenvalue weighted by molar-refractivity contribution is 6.03. The molecule has 0 saturated heterocycles. The van der Waals surface area contributed by atoms with Gasteiger partial charge in [0.05, 0.1) is 0 Å². The highest BCUT2D eigenvalue weighted by Gasteiger charge is 2.28. The Morgan fingerprint density at radius 1 is 1.06 bits per heavy atom. The van der Waals surface area contributed by atoms with Gasteiger partial charge in [-0.15, -0.1) is 0 Å². The van der Waals surface area contributed by atoms with E-state index in [0.717, 1.165) is 24.0 Å². The molecular weight excluding hydrogens is 227 g/mol. The Labute approximate surface area is 105 Å². The first-order valence-electron chi connectivity index (χ1n) is 6.13. The third-order valence-electron chi connectivity index (χ3n) is 3.56. The number of hydrogen-bond acceptors (Lipinski definition) is 1. The Morgan fingerprint density at radius 3 is 2.61 bits per heavy atom. The van der Waals surface area contributed by atoms with Crippen LogP contribution in [0.5, 0.6) is 0 Å². The standard InChI is InChI=1S/C16H13FO/c17-13-8-6-12-7-9-14(16(18)15(12)10-13)11-4-2-1-3-5-11/h1-6,8,10,14H,7,9H2/t14-/m0/s1. The predicted molar refractivity (Wildman–Crippen MR) is 68.2 cm³/mol. The molecule has 18 heavy (non-hydrogen) atoms. The number of aryl methyl sites for hydroxylation is 1. The maximum absolute atomic E-state index is 13.2. The monoisotopic (exact) mass is 240 g/mol. The SMILES string of the molecule is O=C1c2cc(F)ccc2CC[C@H]1c1ccccc1. The molecule has 0 spiro atoms. The van der Waals surface area contributed by atoms with Gasteiger partial charge in [-0.3, -0.25) is 4.79 Å². The number of halogens is 1. The number of hydrogen-bond donors (Lipinski definition) is 0. The number of ketones is 1. The van der Waals surface area contributed by atoms with Crippen LogP contribution in [0, 0.1) is 5.82 Å². The van der Waals surface area contributed by atoms with Gasteiger partial charge in [0.2, 0.25) is 0 Å². The molecule has 0 bridgehead atoms. The zero-order valence-corrected chi connectivity index (χ0v) is 9.90. The van der Waals surface area contributed by atoms with Gasteiger partial charge >= 0.3 is 0 Å². The molecule has 3 rings (SSSR count). The summed E-state index contributed by atoms with van der Waals surface area (Å²) < 4.78 is 13.2. The minimum atomic E-state index is -0.337. The summed E-state index contributed by atoms with van der Waals surface area (Å²) in [6, 6.07) is 14.3. The lowest BCUT2D eigenvalue weighted by molar-refractivity contribution is 0.0945. The van der Waals surface area contributed by atoms with Crippen molar-refractivity contribution in [3.05, 3.63) is 71.0 Å². The van der Waals surface area contributed by atoms with Crippen LogP contribution in [0.15, 0.2) is 48.5 Å². The van der Waals surface area contributed by atoms with Crippen molar-refractivity contribution in [3.8, 4) is 0 Å². The van der Waals surface area contributed by atoms with Crippen LogP contribution in [0.1, 0.15) is 33.8 Å². The molecule has 0 N–H and O–H groups in total. The molecule has 0 aromatic heterocycles. The lowest BCUT2D eigenvalue weighted by atomic mass is 9.79. The van der Waals surface area contributed by atoms with E-state index in [1.807, 2.05) is 30.3 Å². The zero-order valence-electron chi connectivity index (χ0n) is 9.90. The topological polar surface area (TPSA) is 17.1 Å². The lowest BCUT2D eigenvalue weighted by Crippen LogP contribution is -2.21. The van der Waals surface area contributed by atoms with E-state index in [2.05, 4.69) is 0 Å². The van der Waals surface area contributed by atoms with Crippen LogP contribution in [0.25, 0.3) is 0 Å². The molecule has 90 valence electrons. The van der Waals surface area contributed by atoms with Gasteiger partial charge in [0.1, 0.15) is 5.82 Å². The van der Waals surface area contributed by atoms with Crippen molar-refractivity contribution in [1.29, 1.82) is 0 Å². The third kappa shape index (κ3) is 1.84. The lowest BCUT2D eigenvalue weighted by Gasteiger charge is -2.23. The molecule has 1 nitrogen and oxygen atoms in total. The van der Waals surface area contributed by atoms with Gasteiger partial charge in [-0.05, 0) is 36.1 Å². The van der Waals surface area contributed by atoms with Crippen LogP contribution in [-0.2, 0) is 6.42 Å². The van der Waals surface area contributed by atoms with Gasteiger partial charge in [-0.2, -0.15) is 0 Å². The Balaban J connectivity index is 2.02. The van der Waals surface area contributed by atoms with Crippen molar-refractivity contribution >= 4 is 5.78 Å². The Hall–Kier alpha value is -1.96. The summed E-state index contributed by atoms with van der Waals surface area (Å²) in [5.41, 5.74) is 2.54. The first-order valence-corrected chi connectivity index (χ1v) is 6.13. The van der Waals surface area contributed by atoms with Crippen molar-refractivity contribution < 1.29 is 9.18 Å². The number of carbonyl (C=O) groups excluding carboxylic acids is 1. The first-order chi connectivity index (χ1) is 8.75. The fourth-order valence-electron chi connectivity index (χ4n) is 2.62. The summed E-state index contributed by atoms with van der Waals surface area (Å²) >= 11 is 0. The first kappa shape index (κ1) is 11.1. The van der Waals surface area contributed by atoms with Crippen LogP contribution < -0.4 is 0 Å². The summed E-state index contributed by atoms with van der Waals surface area (Å²) in [7, 11) is 0. The molecule has 0 aliphatic heterocycles. The van der Waals surface area contributed by atoms with E-state index in [1.165, 1.54) is 12.1 Å². The van der Waals surface area contributed by atoms with Gasteiger partial charge < -0.3 is 0 Å². The summed E-state index contributed by atoms with van der Waals surface area (Å²) in [6.45, 7) is 0. The number of rotatable bonds is 1. The number of fused-ring (bicyclic) bond motifs is 1. The minimum absolute atomic E-state index is 0.0435. The van der Waals surface area contributed by atoms with Gasteiger partial charge in [0, 0.05) is 11.5 Å². The van der Waals surface area contributed by atoms with Crippen LogP contribution in [0.4, 0.5) is 4.39 Å². The largest absolute Gasteiger partial charge is 0.293 e. The predicted octanol–water partition coefficient (Wildman–Crippen LogP) is 3.74. The zero-order chi connectivity index (χ0) is 12.5. The van der Waals surface area contributed by atoms with E-state index >= 15 is 0 Å². The smallest absolute Gasteiger partial charge is 0.170 e. The van der Waals surface area contributed by atoms with Crippen molar-refractivity contribution in [2.24, 2.45) is 0 Å². The average molecular weight is 240 g/mol. The molecule has 0 amide bonds. The molecule has 0 heterocycles. The van der Waals surface area contributed by atoms with E-state index in [0.29, 0.717) is 5.56 Å². The summed E-state index contributed by atoms with van der Waals surface area (Å²) in [5.74, 6) is -0.418. The van der Waals surface area contributed by atoms with Crippen LogP contribution in [0.2, 0.25) is 0 Å². The Bertz CT molecular complexity index is 589.